The number of aromatic carboxylic acids is 1. The zero-order valence-electron chi connectivity index (χ0n) is 13.9. The Morgan fingerprint density at radius 2 is 2.00 bits per heavy atom. The predicted molar refractivity (Wildman–Crippen MR) is 92.7 cm³/mol. The molecule has 126 valence electrons. The third-order valence-corrected chi connectivity index (χ3v) is 5.09. The molecule has 1 aromatic carbocycles. The van der Waals surface area contributed by atoms with E-state index >= 15 is 0 Å². The third-order valence-electron chi connectivity index (χ3n) is 3.90. The van der Waals surface area contributed by atoms with Crippen LogP contribution in [0.3, 0.4) is 0 Å². The summed E-state index contributed by atoms with van der Waals surface area (Å²) in [5.74, 6) is 0.248. The lowest BCUT2D eigenvalue weighted by Gasteiger charge is -2.11. The van der Waals surface area contributed by atoms with E-state index in [2.05, 4.69) is 4.98 Å². The second-order valence-corrected chi connectivity index (χ2v) is 6.33. The summed E-state index contributed by atoms with van der Waals surface area (Å²) in [6.07, 6.45) is 0.788. The molecule has 3 aromatic rings. The van der Waals surface area contributed by atoms with Crippen LogP contribution in [0, 0.1) is 6.92 Å². The number of aromatic nitrogens is 2. The number of fused-ring (bicyclic) bond motifs is 1. The van der Waals surface area contributed by atoms with Crippen LogP contribution >= 0.6 is 11.3 Å². The van der Waals surface area contributed by atoms with E-state index in [9.17, 15) is 9.90 Å². The molecule has 0 fully saturated rings. The molecule has 24 heavy (non-hydrogen) atoms. The van der Waals surface area contributed by atoms with E-state index in [1.54, 1.807) is 25.5 Å². The average Bonchev–Trinajstić information content (AvgIpc) is 3.07. The maximum atomic E-state index is 11.7. The molecular weight excluding hydrogens is 328 g/mol. The molecule has 0 saturated heterocycles. The van der Waals surface area contributed by atoms with Crippen molar-refractivity contribution in [2.45, 2.75) is 20.3 Å². The van der Waals surface area contributed by atoms with Crippen LogP contribution in [-0.4, -0.2) is 34.7 Å². The highest BCUT2D eigenvalue weighted by Gasteiger charge is 2.23. The first-order chi connectivity index (χ1) is 11.5. The van der Waals surface area contributed by atoms with Gasteiger partial charge in [0.15, 0.2) is 22.2 Å². The lowest BCUT2D eigenvalue weighted by molar-refractivity contribution is 0.0688. The summed E-state index contributed by atoms with van der Waals surface area (Å²) in [6, 6.07) is 5.59. The summed E-state index contributed by atoms with van der Waals surface area (Å²) in [7, 11) is 3.16. The Kier molecular flexibility index (Phi) is 4.19. The van der Waals surface area contributed by atoms with Crippen LogP contribution in [0.2, 0.25) is 0 Å². The molecule has 0 spiro atoms. The monoisotopic (exact) mass is 346 g/mol. The summed E-state index contributed by atoms with van der Waals surface area (Å²) in [4.78, 5) is 17.9. The van der Waals surface area contributed by atoms with Gasteiger partial charge in [-0.3, -0.25) is 4.40 Å². The number of ether oxygens (including phenoxy) is 2. The lowest BCUT2D eigenvalue weighted by atomic mass is 10.1. The molecule has 0 unspecified atom stereocenters. The van der Waals surface area contributed by atoms with Gasteiger partial charge in [-0.05, 0) is 31.5 Å². The molecular formula is C17H18N2O4S. The van der Waals surface area contributed by atoms with Crippen molar-refractivity contribution in [3.63, 3.8) is 0 Å². The number of carbonyl (C=O) groups is 1. The average molecular weight is 346 g/mol. The second kappa shape index (κ2) is 6.16. The highest BCUT2D eigenvalue weighted by atomic mass is 32.1. The molecule has 0 aliphatic rings. The van der Waals surface area contributed by atoms with Crippen LogP contribution in [0.1, 0.15) is 28.0 Å². The number of rotatable bonds is 5. The van der Waals surface area contributed by atoms with Crippen molar-refractivity contribution in [3.05, 3.63) is 34.5 Å². The molecule has 0 radical (unpaired) electrons. The highest BCUT2D eigenvalue weighted by Crippen LogP contribution is 2.38. The van der Waals surface area contributed by atoms with Crippen molar-refractivity contribution in [3.8, 4) is 22.8 Å². The van der Waals surface area contributed by atoms with Gasteiger partial charge in [-0.25, -0.2) is 9.78 Å². The quantitative estimate of drug-likeness (QED) is 0.763. The van der Waals surface area contributed by atoms with E-state index in [-0.39, 0.29) is 5.69 Å². The molecule has 0 saturated carbocycles. The number of imidazole rings is 1. The van der Waals surface area contributed by atoms with Gasteiger partial charge < -0.3 is 14.6 Å². The third kappa shape index (κ3) is 2.41. The molecule has 0 atom stereocenters. The number of carboxylic acids is 1. The molecule has 7 heteroatoms. The number of hydrogen-bond donors (Lipinski definition) is 1. The van der Waals surface area contributed by atoms with Crippen molar-refractivity contribution in [1.29, 1.82) is 0 Å². The standard InChI is InChI=1S/C17H18N2O4S/c1-5-13-15(10-6-7-11(22-3)12(8-10)23-4)19-14(16(20)21)9(2)18-17(19)24-13/h6-8H,5H2,1-4H3,(H,20,21). The van der Waals surface area contributed by atoms with Gasteiger partial charge in [0.05, 0.1) is 25.6 Å². The van der Waals surface area contributed by atoms with Crippen LogP contribution in [-0.2, 0) is 6.42 Å². The Hall–Kier alpha value is -2.54. The maximum Gasteiger partial charge on any atom is 0.354 e. The van der Waals surface area contributed by atoms with Crippen molar-refractivity contribution < 1.29 is 19.4 Å². The number of aryl methyl sites for hydroxylation is 2. The number of benzene rings is 1. The summed E-state index contributed by atoms with van der Waals surface area (Å²) >= 11 is 1.51. The number of thiazole rings is 1. The largest absolute Gasteiger partial charge is 0.493 e. The molecule has 2 aromatic heterocycles. The van der Waals surface area contributed by atoms with Crippen molar-refractivity contribution >= 4 is 22.3 Å². The molecule has 6 nitrogen and oxygen atoms in total. The van der Waals surface area contributed by atoms with Crippen LogP contribution in [0.25, 0.3) is 16.2 Å². The van der Waals surface area contributed by atoms with E-state index in [0.29, 0.717) is 22.2 Å². The number of hydrogen-bond acceptors (Lipinski definition) is 5. The van der Waals surface area contributed by atoms with Crippen molar-refractivity contribution in [1.82, 2.24) is 9.38 Å². The Balaban J connectivity index is 2.34. The van der Waals surface area contributed by atoms with Gasteiger partial charge in [0.1, 0.15) is 0 Å². The van der Waals surface area contributed by atoms with Gasteiger partial charge >= 0.3 is 5.97 Å². The minimum absolute atomic E-state index is 0.200. The van der Waals surface area contributed by atoms with E-state index in [4.69, 9.17) is 9.47 Å². The minimum atomic E-state index is -0.984. The first kappa shape index (κ1) is 16.3. The maximum absolute atomic E-state index is 11.7. The molecule has 2 heterocycles. The number of carboxylic acid groups (broad SMARTS) is 1. The number of methoxy groups -OCH3 is 2. The first-order valence-electron chi connectivity index (χ1n) is 7.48. The fourth-order valence-corrected chi connectivity index (χ4v) is 3.95. The molecule has 0 amide bonds. The van der Waals surface area contributed by atoms with E-state index in [0.717, 1.165) is 22.6 Å². The van der Waals surface area contributed by atoms with Crippen LogP contribution in [0.5, 0.6) is 11.5 Å². The molecule has 1 N–H and O–H groups in total. The molecule has 0 aliphatic heterocycles. The van der Waals surface area contributed by atoms with E-state index in [1.165, 1.54) is 11.3 Å². The van der Waals surface area contributed by atoms with Crippen molar-refractivity contribution in [2.75, 3.05) is 14.2 Å². The first-order valence-corrected chi connectivity index (χ1v) is 8.29. The topological polar surface area (TPSA) is 73.1 Å². The molecule has 0 bridgehead atoms. The summed E-state index contributed by atoms with van der Waals surface area (Å²) in [5, 5.41) is 9.59. The lowest BCUT2D eigenvalue weighted by Crippen LogP contribution is -2.05. The van der Waals surface area contributed by atoms with E-state index < -0.39 is 5.97 Å². The predicted octanol–water partition coefficient (Wildman–Crippen LogP) is 3.65. The SMILES string of the molecule is CCc1sc2nc(C)c(C(=O)O)n2c1-c1ccc(OC)c(OC)c1. The summed E-state index contributed by atoms with van der Waals surface area (Å²) in [6.45, 7) is 3.76. The second-order valence-electron chi connectivity index (χ2n) is 5.27. The molecule has 0 aliphatic carbocycles. The van der Waals surface area contributed by atoms with Gasteiger partial charge in [0.25, 0.3) is 0 Å². The van der Waals surface area contributed by atoms with Gasteiger partial charge in [-0.15, -0.1) is 11.3 Å². The zero-order valence-corrected chi connectivity index (χ0v) is 14.7. The van der Waals surface area contributed by atoms with Crippen LogP contribution in [0.4, 0.5) is 0 Å². The Labute approximate surface area is 143 Å². The highest BCUT2D eigenvalue weighted by molar-refractivity contribution is 7.17. The normalized spacial score (nSPS) is 11.0. The van der Waals surface area contributed by atoms with Gasteiger partial charge in [0.2, 0.25) is 0 Å². The number of nitrogens with zero attached hydrogens (tertiary/aromatic N) is 2. The smallest absolute Gasteiger partial charge is 0.354 e. The molecule has 3 rings (SSSR count). The van der Waals surface area contributed by atoms with Crippen LogP contribution < -0.4 is 9.47 Å². The zero-order chi connectivity index (χ0) is 17.4. The minimum Gasteiger partial charge on any atom is -0.493 e. The summed E-state index contributed by atoms with van der Waals surface area (Å²) in [5.41, 5.74) is 2.43. The van der Waals surface area contributed by atoms with Gasteiger partial charge in [-0.2, -0.15) is 0 Å². The van der Waals surface area contributed by atoms with Gasteiger partial charge in [0, 0.05) is 10.4 Å². The fourth-order valence-electron chi connectivity index (χ4n) is 2.83. The van der Waals surface area contributed by atoms with Gasteiger partial charge in [-0.1, -0.05) is 6.92 Å². The van der Waals surface area contributed by atoms with E-state index in [1.807, 2.05) is 25.1 Å². The Morgan fingerprint density at radius 3 is 2.58 bits per heavy atom. The fraction of sp³-hybridized carbons (Fsp3) is 0.294. The Morgan fingerprint density at radius 1 is 1.29 bits per heavy atom. The Bertz CT molecular complexity index is 926. The van der Waals surface area contributed by atoms with Crippen molar-refractivity contribution in [2.24, 2.45) is 0 Å². The summed E-state index contributed by atoms with van der Waals surface area (Å²) < 4.78 is 12.4. The van der Waals surface area contributed by atoms with Crippen LogP contribution in [0.15, 0.2) is 18.2 Å².